The van der Waals surface area contributed by atoms with Crippen molar-refractivity contribution < 1.29 is 4.74 Å². The molecule has 0 bridgehead atoms. The third kappa shape index (κ3) is 2.13. The predicted molar refractivity (Wildman–Crippen MR) is 57.6 cm³/mol. The number of hydrogen-bond donors (Lipinski definition) is 2. The third-order valence-electron chi connectivity index (χ3n) is 1.94. The molecule has 0 aliphatic carbocycles. The number of para-hydroxylation sites is 1. The third-order valence-corrected chi connectivity index (χ3v) is 1.94. The fourth-order valence-corrected chi connectivity index (χ4v) is 1.19. The van der Waals surface area contributed by atoms with E-state index in [1.54, 1.807) is 0 Å². The molecule has 3 N–H and O–H groups in total. The number of aryl methyl sites for hydroxylation is 2. The first-order valence-corrected chi connectivity index (χ1v) is 4.35. The van der Waals surface area contributed by atoms with E-state index in [0.717, 1.165) is 23.1 Å². The highest BCUT2D eigenvalue weighted by Crippen LogP contribution is 2.23. The lowest BCUT2D eigenvalue weighted by Gasteiger charge is -2.10. The standard InChI is InChI=1S/C11H14N2O/c1-8-4-3-5-9(2)11(8)14-10(6-12)7-13/h3-7,12H,13H2,1-2H3/b10-7+,12-6?. The molecule has 0 radical (unpaired) electrons. The van der Waals surface area contributed by atoms with Crippen molar-refractivity contribution in [1.29, 1.82) is 5.41 Å². The van der Waals surface area contributed by atoms with Crippen molar-refractivity contribution >= 4 is 6.21 Å². The van der Waals surface area contributed by atoms with Crippen LogP contribution in [-0.4, -0.2) is 6.21 Å². The minimum absolute atomic E-state index is 0.349. The van der Waals surface area contributed by atoms with Gasteiger partial charge >= 0.3 is 0 Å². The van der Waals surface area contributed by atoms with Gasteiger partial charge in [-0.1, -0.05) is 18.2 Å². The molecule has 0 unspecified atom stereocenters. The molecule has 0 aliphatic rings. The Morgan fingerprint density at radius 2 is 1.93 bits per heavy atom. The zero-order valence-electron chi connectivity index (χ0n) is 8.37. The van der Waals surface area contributed by atoms with Gasteiger partial charge in [0.2, 0.25) is 0 Å². The highest BCUT2D eigenvalue weighted by molar-refractivity contribution is 5.73. The lowest BCUT2D eigenvalue weighted by molar-refractivity contribution is 0.448. The summed E-state index contributed by atoms with van der Waals surface area (Å²) in [6.07, 6.45) is 2.37. The van der Waals surface area contributed by atoms with Crippen LogP contribution in [0.1, 0.15) is 11.1 Å². The largest absolute Gasteiger partial charge is 0.454 e. The SMILES string of the molecule is Cc1cccc(C)c1O/C(C=N)=C/N. The molecule has 0 fully saturated rings. The molecule has 0 spiro atoms. The topological polar surface area (TPSA) is 59.1 Å². The molecule has 74 valence electrons. The maximum atomic E-state index is 7.05. The molecule has 0 aromatic heterocycles. The molecule has 0 amide bonds. The molecular weight excluding hydrogens is 176 g/mol. The maximum Gasteiger partial charge on any atom is 0.160 e. The van der Waals surface area contributed by atoms with E-state index in [1.165, 1.54) is 6.20 Å². The van der Waals surface area contributed by atoms with Gasteiger partial charge in [0, 0.05) is 6.20 Å². The summed E-state index contributed by atoms with van der Waals surface area (Å²) in [5.74, 6) is 1.12. The second-order valence-corrected chi connectivity index (χ2v) is 3.04. The lowest BCUT2D eigenvalue weighted by Crippen LogP contribution is -2.02. The number of allylic oxidation sites excluding steroid dienone is 1. The molecule has 1 aromatic rings. The minimum Gasteiger partial charge on any atom is -0.454 e. The number of benzene rings is 1. The Balaban J connectivity index is 3.02. The molecule has 1 aromatic carbocycles. The number of nitrogens with two attached hydrogens (primary N) is 1. The normalized spacial score (nSPS) is 11.1. The average molecular weight is 190 g/mol. The van der Waals surface area contributed by atoms with Crippen molar-refractivity contribution in [1.82, 2.24) is 0 Å². The average Bonchev–Trinajstić information content (AvgIpc) is 2.18. The first kappa shape index (κ1) is 10.3. The van der Waals surface area contributed by atoms with E-state index in [1.807, 2.05) is 32.0 Å². The Morgan fingerprint density at radius 1 is 1.36 bits per heavy atom. The zero-order chi connectivity index (χ0) is 10.6. The van der Waals surface area contributed by atoms with Crippen LogP contribution in [0.2, 0.25) is 0 Å². The first-order valence-electron chi connectivity index (χ1n) is 4.35. The van der Waals surface area contributed by atoms with Gasteiger partial charge in [0.05, 0.1) is 6.21 Å². The fraction of sp³-hybridized carbons (Fsp3) is 0.182. The second kappa shape index (κ2) is 4.46. The molecule has 0 saturated carbocycles. The van der Waals surface area contributed by atoms with Gasteiger partial charge in [-0.05, 0) is 25.0 Å². The van der Waals surface area contributed by atoms with Crippen molar-refractivity contribution in [3.63, 3.8) is 0 Å². The van der Waals surface area contributed by atoms with Crippen molar-refractivity contribution in [2.45, 2.75) is 13.8 Å². The van der Waals surface area contributed by atoms with Crippen LogP contribution in [0.15, 0.2) is 30.2 Å². The molecule has 14 heavy (non-hydrogen) atoms. The molecule has 1 rings (SSSR count). The van der Waals surface area contributed by atoms with Crippen LogP contribution in [-0.2, 0) is 0 Å². The van der Waals surface area contributed by atoms with Crippen LogP contribution >= 0.6 is 0 Å². The van der Waals surface area contributed by atoms with E-state index < -0.39 is 0 Å². The first-order chi connectivity index (χ1) is 6.69. The molecule has 0 saturated heterocycles. The van der Waals surface area contributed by atoms with E-state index in [2.05, 4.69) is 0 Å². The molecular formula is C11H14N2O. The molecule has 0 aliphatic heterocycles. The van der Waals surface area contributed by atoms with Gasteiger partial charge in [0.1, 0.15) is 5.75 Å². The van der Waals surface area contributed by atoms with Crippen LogP contribution in [0.5, 0.6) is 5.75 Å². The van der Waals surface area contributed by atoms with Crippen molar-refractivity contribution in [3.8, 4) is 5.75 Å². The van der Waals surface area contributed by atoms with Gasteiger partial charge in [-0.2, -0.15) is 0 Å². The van der Waals surface area contributed by atoms with Gasteiger partial charge in [0.25, 0.3) is 0 Å². The maximum absolute atomic E-state index is 7.05. The summed E-state index contributed by atoms with van der Waals surface area (Å²) in [5.41, 5.74) is 7.36. The molecule has 3 nitrogen and oxygen atoms in total. The van der Waals surface area contributed by atoms with Crippen LogP contribution in [0, 0.1) is 19.3 Å². The lowest BCUT2D eigenvalue weighted by atomic mass is 10.1. The van der Waals surface area contributed by atoms with Crippen LogP contribution in [0.4, 0.5) is 0 Å². The van der Waals surface area contributed by atoms with Gasteiger partial charge in [-0.15, -0.1) is 0 Å². The van der Waals surface area contributed by atoms with Gasteiger partial charge < -0.3 is 15.9 Å². The molecule has 3 heteroatoms. The van der Waals surface area contributed by atoms with E-state index in [0.29, 0.717) is 5.76 Å². The summed E-state index contributed by atoms with van der Waals surface area (Å²) >= 11 is 0. The van der Waals surface area contributed by atoms with E-state index in [9.17, 15) is 0 Å². The van der Waals surface area contributed by atoms with Crippen LogP contribution < -0.4 is 10.5 Å². The van der Waals surface area contributed by atoms with E-state index >= 15 is 0 Å². The summed E-state index contributed by atoms with van der Waals surface area (Å²) < 4.78 is 5.47. The van der Waals surface area contributed by atoms with E-state index in [4.69, 9.17) is 15.9 Å². The Labute approximate surface area is 83.7 Å². The quantitative estimate of drug-likeness (QED) is 0.566. The molecule has 0 heterocycles. The Hall–Kier alpha value is -1.77. The van der Waals surface area contributed by atoms with Gasteiger partial charge in [-0.3, -0.25) is 0 Å². The van der Waals surface area contributed by atoms with Gasteiger partial charge in [0.15, 0.2) is 5.76 Å². The summed E-state index contributed by atoms with van der Waals surface area (Å²) in [4.78, 5) is 0. The van der Waals surface area contributed by atoms with Crippen molar-refractivity contribution in [2.24, 2.45) is 5.73 Å². The number of hydrogen-bond acceptors (Lipinski definition) is 3. The summed E-state index contributed by atoms with van der Waals surface area (Å²) in [6, 6.07) is 5.88. The summed E-state index contributed by atoms with van der Waals surface area (Å²) in [7, 11) is 0. The van der Waals surface area contributed by atoms with Gasteiger partial charge in [-0.25, -0.2) is 0 Å². The minimum atomic E-state index is 0.349. The predicted octanol–water partition coefficient (Wildman–Crippen LogP) is 2.13. The number of rotatable bonds is 3. The van der Waals surface area contributed by atoms with Crippen molar-refractivity contribution in [3.05, 3.63) is 41.3 Å². The summed E-state index contributed by atoms with van der Waals surface area (Å²) in [6.45, 7) is 3.92. The Morgan fingerprint density at radius 3 is 2.36 bits per heavy atom. The highest BCUT2D eigenvalue weighted by atomic mass is 16.5. The highest BCUT2D eigenvalue weighted by Gasteiger charge is 2.04. The smallest absolute Gasteiger partial charge is 0.160 e. The second-order valence-electron chi connectivity index (χ2n) is 3.04. The molecule has 0 atom stereocenters. The van der Waals surface area contributed by atoms with Crippen LogP contribution in [0.25, 0.3) is 0 Å². The number of ether oxygens (including phenoxy) is 1. The monoisotopic (exact) mass is 190 g/mol. The Bertz CT molecular complexity index is 349. The zero-order valence-corrected chi connectivity index (χ0v) is 8.37. The Kier molecular flexibility index (Phi) is 3.29. The fourth-order valence-electron chi connectivity index (χ4n) is 1.19. The van der Waals surface area contributed by atoms with Crippen LogP contribution in [0.3, 0.4) is 0 Å². The van der Waals surface area contributed by atoms with E-state index in [-0.39, 0.29) is 0 Å². The van der Waals surface area contributed by atoms with Crippen molar-refractivity contribution in [2.75, 3.05) is 0 Å². The summed E-state index contributed by atoms with van der Waals surface area (Å²) in [5, 5.41) is 7.05. The number of nitrogens with one attached hydrogen (secondary N) is 1.